The predicted octanol–water partition coefficient (Wildman–Crippen LogP) is 5.12. The van der Waals surface area contributed by atoms with E-state index >= 15 is 0 Å². The van der Waals surface area contributed by atoms with Crippen LogP contribution in [0.3, 0.4) is 0 Å². The molecule has 124 valence electrons. The van der Waals surface area contributed by atoms with Gasteiger partial charge in [0.15, 0.2) is 0 Å². The summed E-state index contributed by atoms with van der Waals surface area (Å²) in [5.41, 5.74) is 1.51. The SMILES string of the molecule is C[C@@H]1C[C@H](SC(C)(C)C)OC(COCc2ccccc2)[C@H]1C. The number of ether oxygens (including phenoxy) is 2. The second-order valence-electron chi connectivity index (χ2n) is 7.41. The topological polar surface area (TPSA) is 18.5 Å². The standard InChI is InChI=1S/C19H30O2S/c1-14-11-18(22-19(3,4)5)21-17(15(14)2)13-20-12-16-9-7-6-8-10-16/h6-10,14-15,17-18H,11-13H2,1-5H3/t14-,15+,17?,18+/m1/s1. The summed E-state index contributed by atoms with van der Waals surface area (Å²) in [6.07, 6.45) is 1.34. The van der Waals surface area contributed by atoms with Gasteiger partial charge in [-0.3, -0.25) is 0 Å². The van der Waals surface area contributed by atoms with E-state index in [1.54, 1.807) is 0 Å². The lowest BCUT2D eigenvalue weighted by Crippen LogP contribution is -2.41. The van der Waals surface area contributed by atoms with Gasteiger partial charge in [-0.1, -0.05) is 65.0 Å². The highest BCUT2D eigenvalue weighted by Crippen LogP contribution is 2.39. The van der Waals surface area contributed by atoms with Crippen LogP contribution in [0.25, 0.3) is 0 Å². The van der Waals surface area contributed by atoms with Crippen molar-refractivity contribution in [2.45, 2.75) is 63.9 Å². The molecule has 1 saturated heterocycles. The first-order valence-corrected chi connectivity index (χ1v) is 9.18. The molecular weight excluding hydrogens is 292 g/mol. The van der Waals surface area contributed by atoms with E-state index in [9.17, 15) is 0 Å². The lowest BCUT2D eigenvalue weighted by molar-refractivity contribution is -0.102. The number of hydrogen-bond donors (Lipinski definition) is 0. The van der Waals surface area contributed by atoms with Gasteiger partial charge in [0.25, 0.3) is 0 Å². The first kappa shape index (κ1) is 17.8. The van der Waals surface area contributed by atoms with Crippen LogP contribution in [0.1, 0.15) is 46.6 Å². The minimum atomic E-state index is 0.201. The number of thioether (sulfide) groups is 1. The van der Waals surface area contributed by atoms with Gasteiger partial charge in [0.05, 0.1) is 19.3 Å². The van der Waals surface area contributed by atoms with E-state index in [-0.39, 0.29) is 16.3 Å². The van der Waals surface area contributed by atoms with E-state index in [4.69, 9.17) is 9.47 Å². The first-order valence-electron chi connectivity index (χ1n) is 8.30. The van der Waals surface area contributed by atoms with Crippen molar-refractivity contribution in [2.24, 2.45) is 11.8 Å². The number of hydrogen-bond acceptors (Lipinski definition) is 3. The lowest BCUT2D eigenvalue weighted by atomic mass is 9.86. The van der Waals surface area contributed by atoms with Crippen LogP contribution in [0.4, 0.5) is 0 Å². The van der Waals surface area contributed by atoms with Gasteiger partial charge in [0, 0.05) is 4.75 Å². The Hall–Kier alpha value is -0.510. The van der Waals surface area contributed by atoms with Gasteiger partial charge in [-0.25, -0.2) is 0 Å². The second-order valence-corrected chi connectivity index (χ2v) is 9.39. The molecule has 1 fully saturated rings. The zero-order valence-corrected chi connectivity index (χ0v) is 15.4. The molecule has 22 heavy (non-hydrogen) atoms. The zero-order chi connectivity index (χ0) is 16.2. The maximum Gasteiger partial charge on any atom is 0.104 e. The van der Waals surface area contributed by atoms with E-state index in [0.29, 0.717) is 25.0 Å². The Morgan fingerprint density at radius 3 is 2.50 bits per heavy atom. The molecule has 1 aromatic carbocycles. The van der Waals surface area contributed by atoms with E-state index in [1.165, 1.54) is 5.56 Å². The molecule has 0 aromatic heterocycles. The minimum absolute atomic E-state index is 0.201. The molecule has 2 rings (SSSR count). The lowest BCUT2D eigenvalue weighted by Gasteiger charge is -2.40. The molecule has 0 amide bonds. The van der Waals surface area contributed by atoms with E-state index < -0.39 is 0 Å². The first-order chi connectivity index (χ1) is 10.3. The summed E-state index contributed by atoms with van der Waals surface area (Å²) in [4.78, 5) is 0. The van der Waals surface area contributed by atoms with Crippen LogP contribution in [0, 0.1) is 11.8 Å². The summed E-state index contributed by atoms with van der Waals surface area (Å²) in [5.74, 6) is 1.23. The Bertz CT molecular complexity index is 440. The Morgan fingerprint density at radius 2 is 1.86 bits per heavy atom. The average Bonchev–Trinajstić information content (AvgIpc) is 2.43. The molecule has 1 unspecified atom stereocenters. The molecule has 1 heterocycles. The fraction of sp³-hybridized carbons (Fsp3) is 0.684. The van der Waals surface area contributed by atoms with E-state index in [2.05, 4.69) is 58.9 Å². The summed E-state index contributed by atoms with van der Waals surface area (Å²) in [6.45, 7) is 12.7. The highest BCUT2D eigenvalue weighted by molar-refractivity contribution is 8.01. The molecule has 3 heteroatoms. The largest absolute Gasteiger partial charge is 0.374 e. The molecule has 0 spiro atoms. The van der Waals surface area contributed by atoms with Crippen LogP contribution >= 0.6 is 11.8 Å². The van der Waals surface area contributed by atoms with Gasteiger partial charge in [-0.15, -0.1) is 11.8 Å². The smallest absolute Gasteiger partial charge is 0.104 e. The summed E-state index contributed by atoms with van der Waals surface area (Å²) in [7, 11) is 0. The minimum Gasteiger partial charge on any atom is -0.374 e. The van der Waals surface area contributed by atoms with Crippen molar-refractivity contribution in [3.63, 3.8) is 0 Å². The summed E-state index contributed by atoms with van der Waals surface area (Å²) >= 11 is 1.94. The van der Waals surface area contributed by atoms with Crippen molar-refractivity contribution >= 4 is 11.8 Å². The number of benzene rings is 1. The third-order valence-electron chi connectivity index (χ3n) is 4.25. The molecule has 1 aromatic rings. The molecule has 0 saturated carbocycles. The highest BCUT2D eigenvalue weighted by Gasteiger charge is 2.35. The molecule has 4 atom stereocenters. The van der Waals surface area contributed by atoms with Gasteiger partial charge < -0.3 is 9.47 Å². The normalized spacial score (nSPS) is 29.5. The van der Waals surface area contributed by atoms with Crippen LogP contribution in [-0.2, 0) is 16.1 Å². The van der Waals surface area contributed by atoms with Crippen molar-refractivity contribution in [2.75, 3.05) is 6.61 Å². The third kappa shape index (κ3) is 5.60. The number of rotatable bonds is 5. The van der Waals surface area contributed by atoms with Crippen LogP contribution in [0.2, 0.25) is 0 Å². The summed E-state index contributed by atoms with van der Waals surface area (Å²) < 4.78 is 12.5. The van der Waals surface area contributed by atoms with Gasteiger partial charge in [-0.2, -0.15) is 0 Å². The highest BCUT2D eigenvalue weighted by atomic mass is 32.2. The molecule has 0 aliphatic carbocycles. The molecular formula is C19H30O2S. The van der Waals surface area contributed by atoms with Crippen molar-refractivity contribution in [1.29, 1.82) is 0 Å². The zero-order valence-electron chi connectivity index (χ0n) is 14.5. The van der Waals surface area contributed by atoms with Gasteiger partial charge >= 0.3 is 0 Å². The van der Waals surface area contributed by atoms with Crippen LogP contribution in [0.5, 0.6) is 0 Å². The van der Waals surface area contributed by atoms with Gasteiger partial charge in [-0.05, 0) is 23.8 Å². The van der Waals surface area contributed by atoms with Crippen molar-refractivity contribution in [3.05, 3.63) is 35.9 Å². The fourth-order valence-corrected chi connectivity index (χ4v) is 4.17. The van der Waals surface area contributed by atoms with Crippen molar-refractivity contribution in [3.8, 4) is 0 Å². The second kappa shape index (κ2) is 7.85. The van der Waals surface area contributed by atoms with Crippen LogP contribution in [0.15, 0.2) is 30.3 Å². The molecule has 0 bridgehead atoms. The average molecular weight is 323 g/mol. The van der Waals surface area contributed by atoms with Crippen molar-refractivity contribution < 1.29 is 9.47 Å². The van der Waals surface area contributed by atoms with E-state index in [0.717, 1.165) is 6.42 Å². The summed E-state index contributed by atoms with van der Waals surface area (Å²) in [5, 5.41) is 0. The molecule has 2 nitrogen and oxygen atoms in total. The Morgan fingerprint density at radius 1 is 1.18 bits per heavy atom. The van der Waals surface area contributed by atoms with Gasteiger partial charge in [0.1, 0.15) is 5.44 Å². The van der Waals surface area contributed by atoms with Gasteiger partial charge in [0.2, 0.25) is 0 Å². The Kier molecular flexibility index (Phi) is 6.36. The molecule has 1 aliphatic rings. The maximum atomic E-state index is 6.32. The van der Waals surface area contributed by atoms with Crippen molar-refractivity contribution in [1.82, 2.24) is 0 Å². The van der Waals surface area contributed by atoms with Crippen LogP contribution < -0.4 is 0 Å². The monoisotopic (exact) mass is 322 g/mol. The molecule has 0 radical (unpaired) electrons. The quantitative estimate of drug-likeness (QED) is 0.749. The third-order valence-corrected chi connectivity index (χ3v) is 5.53. The maximum absolute atomic E-state index is 6.32. The fourth-order valence-electron chi connectivity index (χ4n) is 2.79. The van der Waals surface area contributed by atoms with Crippen LogP contribution in [-0.4, -0.2) is 22.9 Å². The molecule has 1 aliphatic heterocycles. The summed E-state index contributed by atoms with van der Waals surface area (Å²) in [6, 6.07) is 10.3. The Labute approximate surface area is 140 Å². The Balaban J connectivity index is 1.85. The van der Waals surface area contributed by atoms with E-state index in [1.807, 2.05) is 17.8 Å². The molecule has 0 N–H and O–H groups in total. The predicted molar refractivity (Wildman–Crippen MR) is 95.0 cm³/mol.